The molecule has 2 aromatic rings. The number of carbonyl (C=O) groups excluding carboxylic acids is 1. The zero-order valence-electron chi connectivity index (χ0n) is 15.2. The maximum atomic E-state index is 11.2. The highest BCUT2D eigenvalue weighted by Gasteiger charge is 2.38. The van der Waals surface area contributed by atoms with Gasteiger partial charge < -0.3 is 5.11 Å². The zero-order chi connectivity index (χ0) is 17.7. The summed E-state index contributed by atoms with van der Waals surface area (Å²) in [5, 5.41) is 9.83. The average Bonchev–Trinajstić information content (AvgIpc) is 2.51. The fourth-order valence-corrected chi connectivity index (χ4v) is 3.98. The van der Waals surface area contributed by atoms with Crippen LogP contribution in [-0.4, -0.2) is 11.4 Å². The van der Waals surface area contributed by atoms with Gasteiger partial charge in [0.25, 0.3) is 0 Å². The van der Waals surface area contributed by atoms with E-state index in [1.165, 1.54) is 28.7 Å². The lowest BCUT2D eigenvalue weighted by atomic mass is 9.61. The molecule has 0 aromatic heterocycles. The first-order valence-electron chi connectivity index (χ1n) is 8.60. The van der Waals surface area contributed by atoms with E-state index in [0.29, 0.717) is 5.56 Å². The molecule has 0 atom stereocenters. The summed E-state index contributed by atoms with van der Waals surface area (Å²) in [5.74, 6) is 0.0369. The van der Waals surface area contributed by atoms with Gasteiger partial charge in [-0.15, -0.1) is 0 Å². The Balaban J connectivity index is 2.34. The third kappa shape index (κ3) is 2.64. The van der Waals surface area contributed by atoms with Crippen molar-refractivity contribution in [3.63, 3.8) is 0 Å². The first-order valence-corrected chi connectivity index (χ1v) is 8.60. The number of rotatable bonds is 2. The molecule has 1 N–H and O–H groups in total. The van der Waals surface area contributed by atoms with Crippen molar-refractivity contribution in [1.82, 2.24) is 0 Å². The average molecular weight is 322 g/mol. The first-order chi connectivity index (χ1) is 11.2. The van der Waals surface area contributed by atoms with Crippen molar-refractivity contribution >= 4 is 6.29 Å². The molecule has 1 aliphatic rings. The number of carbonyl (C=O) groups is 1. The van der Waals surface area contributed by atoms with Gasteiger partial charge in [-0.05, 0) is 65.0 Å². The van der Waals surface area contributed by atoms with E-state index in [9.17, 15) is 9.90 Å². The predicted octanol–water partition coefficient (Wildman–Crippen LogP) is 5.53. The fraction of sp³-hybridized carbons (Fsp3) is 0.409. The van der Waals surface area contributed by atoms with Gasteiger partial charge >= 0.3 is 0 Å². The minimum atomic E-state index is 0.0369. The molecule has 126 valence electrons. The van der Waals surface area contributed by atoms with E-state index in [2.05, 4.69) is 46.8 Å². The molecule has 0 amide bonds. The summed E-state index contributed by atoms with van der Waals surface area (Å²) in [4.78, 5) is 11.2. The molecule has 0 saturated carbocycles. The highest BCUT2D eigenvalue weighted by atomic mass is 16.3. The van der Waals surface area contributed by atoms with Gasteiger partial charge in [0, 0.05) is 0 Å². The lowest BCUT2D eigenvalue weighted by Crippen LogP contribution is -2.34. The van der Waals surface area contributed by atoms with Crippen LogP contribution in [0.15, 0.2) is 30.3 Å². The molecule has 0 fully saturated rings. The van der Waals surface area contributed by atoms with Gasteiger partial charge in [0.1, 0.15) is 5.75 Å². The van der Waals surface area contributed by atoms with Crippen LogP contribution in [0.4, 0.5) is 0 Å². The van der Waals surface area contributed by atoms with Crippen molar-refractivity contribution in [3.8, 4) is 16.9 Å². The van der Waals surface area contributed by atoms with Crippen molar-refractivity contribution < 1.29 is 9.90 Å². The number of fused-ring (bicyclic) bond motifs is 1. The van der Waals surface area contributed by atoms with Crippen LogP contribution in [0.1, 0.15) is 67.6 Å². The molecule has 0 aliphatic heterocycles. The molecule has 0 heterocycles. The Kier molecular flexibility index (Phi) is 3.82. The molecule has 3 rings (SSSR count). The van der Waals surface area contributed by atoms with Crippen molar-refractivity contribution in [2.24, 2.45) is 0 Å². The molecular weight excluding hydrogens is 296 g/mol. The van der Waals surface area contributed by atoms with E-state index in [1.807, 2.05) is 6.07 Å². The van der Waals surface area contributed by atoms with Gasteiger partial charge in [-0.3, -0.25) is 4.79 Å². The Labute approximate surface area is 144 Å². The van der Waals surface area contributed by atoms with Crippen LogP contribution >= 0.6 is 0 Å². The van der Waals surface area contributed by atoms with E-state index >= 15 is 0 Å². The summed E-state index contributed by atoms with van der Waals surface area (Å²) in [6.45, 7) is 11.4. The van der Waals surface area contributed by atoms with E-state index in [4.69, 9.17) is 0 Å². The first kappa shape index (κ1) is 16.8. The number of aromatic hydroxyl groups is 1. The largest absolute Gasteiger partial charge is 0.507 e. The third-order valence-electron chi connectivity index (χ3n) is 5.53. The lowest BCUT2D eigenvalue weighted by molar-refractivity contribution is 0.112. The fourth-order valence-electron chi connectivity index (χ4n) is 3.98. The van der Waals surface area contributed by atoms with Crippen LogP contribution in [0.25, 0.3) is 11.1 Å². The van der Waals surface area contributed by atoms with Gasteiger partial charge in [0.2, 0.25) is 0 Å². The molecule has 0 spiro atoms. The molecule has 0 radical (unpaired) electrons. The summed E-state index contributed by atoms with van der Waals surface area (Å²) in [6, 6.07) is 9.86. The lowest BCUT2D eigenvalue weighted by Gasteiger charge is -2.43. The minimum absolute atomic E-state index is 0.0369. The summed E-state index contributed by atoms with van der Waals surface area (Å²) in [6.07, 6.45) is 3.03. The zero-order valence-corrected chi connectivity index (χ0v) is 15.2. The third-order valence-corrected chi connectivity index (χ3v) is 5.53. The molecule has 0 unspecified atom stereocenters. The number of hydrogen-bond acceptors (Lipinski definition) is 2. The number of aryl methyl sites for hydroxylation is 1. The molecule has 1 aliphatic carbocycles. The molecule has 24 heavy (non-hydrogen) atoms. The number of phenols is 1. The Hall–Kier alpha value is -2.09. The van der Waals surface area contributed by atoms with Crippen LogP contribution in [0, 0.1) is 6.92 Å². The number of aldehydes is 1. The van der Waals surface area contributed by atoms with Gasteiger partial charge in [-0.2, -0.15) is 0 Å². The number of hydrogen-bond donors (Lipinski definition) is 1. The monoisotopic (exact) mass is 322 g/mol. The predicted molar refractivity (Wildman–Crippen MR) is 99.0 cm³/mol. The van der Waals surface area contributed by atoms with Crippen LogP contribution < -0.4 is 0 Å². The Morgan fingerprint density at radius 3 is 2.33 bits per heavy atom. The summed E-state index contributed by atoms with van der Waals surface area (Å²) in [5.41, 5.74) is 6.79. The maximum absolute atomic E-state index is 11.2. The highest BCUT2D eigenvalue weighted by Crippen LogP contribution is 2.49. The normalized spacial score (nSPS) is 18.0. The molecule has 0 bridgehead atoms. The van der Waals surface area contributed by atoms with E-state index in [-0.39, 0.29) is 16.6 Å². The number of phenolic OH excluding ortho intramolecular Hbond substituents is 1. The van der Waals surface area contributed by atoms with Crippen molar-refractivity contribution in [2.45, 2.75) is 58.3 Å². The standard InChI is InChI=1S/C22H26O2/c1-14-10-17(15-6-7-19(24)16(12-15)13-23)20-18(11-14)21(2,3)8-9-22(20,4)5/h6-7,10-13,24H,8-9H2,1-5H3. The molecule has 2 heteroatoms. The summed E-state index contributed by atoms with van der Waals surface area (Å²) < 4.78 is 0. The van der Waals surface area contributed by atoms with Crippen LogP contribution in [-0.2, 0) is 10.8 Å². The molecule has 2 nitrogen and oxygen atoms in total. The van der Waals surface area contributed by atoms with Gasteiger partial charge in [-0.25, -0.2) is 0 Å². The SMILES string of the molecule is Cc1cc(-c2ccc(O)c(C=O)c2)c2c(c1)C(C)(C)CCC2(C)C. The van der Waals surface area contributed by atoms with Crippen LogP contribution in [0.3, 0.4) is 0 Å². The van der Waals surface area contributed by atoms with E-state index in [0.717, 1.165) is 18.3 Å². The summed E-state index contributed by atoms with van der Waals surface area (Å²) >= 11 is 0. The van der Waals surface area contributed by atoms with Crippen molar-refractivity contribution in [2.75, 3.05) is 0 Å². The topological polar surface area (TPSA) is 37.3 Å². The van der Waals surface area contributed by atoms with Crippen LogP contribution in [0.2, 0.25) is 0 Å². The Bertz CT molecular complexity index is 813. The van der Waals surface area contributed by atoms with Gasteiger partial charge in [0.05, 0.1) is 5.56 Å². The second kappa shape index (κ2) is 5.47. The van der Waals surface area contributed by atoms with Crippen molar-refractivity contribution in [1.29, 1.82) is 0 Å². The maximum Gasteiger partial charge on any atom is 0.153 e. The molecule has 0 saturated heterocycles. The quantitative estimate of drug-likeness (QED) is 0.738. The van der Waals surface area contributed by atoms with E-state index in [1.54, 1.807) is 12.1 Å². The van der Waals surface area contributed by atoms with E-state index < -0.39 is 0 Å². The smallest absolute Gasteiger partial charge is 0.153 e. The molecule has 2 aromatic carbocycles. The van der Waals surface area contributed by atoms with Gasteiger partial charge in [-0.1, -0.05) is 51.5 Å². The second-order valence-electron chi connectivity index (χ2n) is 8.39. The minimum Gasteiger partial charge on any atom is -0.507 e. The summed E-state index contributed by atoms with van der Waals surface area (Å²) in [7, 11) is 0. The second-order valence-corrected chi connectivity index (χ2v) is 8.39. The van der Waals surface area contributed by atoms with Gasteiger partial charge in [0.15, 0.2) is 6.29 Å². The van der Waals surface area contributed by atoms with Crippen molar-refractivity contribution in [3.05, 3.63) is 52.6 Å². The number of benzene rings is 2. The Morgan fingerprint density at radius 2 is 1.67 bits per heavy atom. The Morgan fingerprint density at radius 1 is 1.00 bits per heavy atom. The van der Waals surface area contributed by atoms with Crippen LogP contribution in [0.5, 0.6) is 5.75 Å². The highest BCUT2D eigenvalue weighted by molar-refractivity contribution is 5.84. The molecular formula is C22H26O2.